The molecule has 1 aromatic carbocycles. The van der Waals surface area contributed by atoms with Crippen LogP contribution in [-0.2, 0) is 20.0 Å². The first-order valence-corrected chi connectivity index (χ1v) is 8.55. The molecule has 1 atom stereocenters. The quantitative estimate of drug-likeness (QED) is 0.732. The Balaban J connectivity index is 1.53. The van der Waals surface area contributed by atoms with E-state index in [1.807, 2.05) is 36.0 Å². The van der Waals surface area contributed by atoms with Gasteiger partial charge >= 0.3 is 0 Å². The molecule has 2 aromatic heterocycles. The molecule has 0 saturated carbocycles. The summed E-state index contributed by atoms with van der Waals surface area (Å²) in [6, 6.07) is 8.89. The van der Waals surface area contributed by atoms with Crippen molar-refractivity contribution in [2.75, 3.05) is 20.6 Å². The maximum absolute atomic E-state index is 12.9. The number of aromatic nitrogens is 3. The molecule has 3 aromatic rings. The Kier molecular flexibility index (Phi) is 3.84. The fourth-order valence-corrected chi connectivity index (χ4v) is 3.73. The molecule has 0 radical (unpaired) electrons. The molecule has 0 aliphatic carbocycles. The van der Waals surface area contributed by atoms with Crippen molar-refractivity contribution in [1.82, 2.24) is 24.0 Å². The number of fused-ring (bicyclic) bond motifs is 2. The summed E-state index contributed by atoms with van der Waals surface area (Å²) in [7, 11) is 5.94. The highest BCUT2D eigenvalue weighted by Crippen LogP contribution is 2.23. The van der Waals surface area contributed by atoms with Gasteiger partial charge in [-0.2, -0.15) is 5.10 Å². The van der Waals surface area contributed by atoms with Gasteiger partial charge in [-0.15, -0.1) is 0 Å². The van der Waals surface area contributed by atoms with E-state index in [0.29, 0.717) is 18.2 Å². The Hall–Kier alpha value is -2.60. The van der Waals surface area contributed by atoms with Crippen molar-refractivity contribution >= 4 is 11.6 Å². The van der Waals surface area contributed by atoms with Gasteiger partial charge in [0.15, 0.2) is 0 Å². The number of benzene rings is 1. The molecule has 1 aliphatic rings. The second-order valence-corrected chi connectivity index (χ2v) is 6.96. The fraction of sp³-hybridized carbons (Fsp3) is 0.368. The van der Waals surface area contributed by atoms with Gasteiger partial charge < -0.3 is 9.47 Å². The van der Waals surface area contributed by atoms with Crippen molar-refractivity contribution < 1.29 is 4.79 Å². The third-order valence-corrected chi connectivity index (χ3v) is 5.21. The average Bonchev–Trinajstić information content (AvgIpc) is 3.18. The standard InChI is InChI=1S/C19H23N5O/c1-21-8-9-24-18(21)17(11-20-24)19(25)23(3)13-16-10-14-6-4-5-7-15(14)12-22(16)2/h4-9,11,16H,10,12-13H2,1-3H3/t16-/m0/s1. The van der Waals surface area contributed by atoms with Crippen LogP contribution in [0.1, 0.15) is 21.5 Å². The van der Waals surface area contributed by atoms with Gasteiger partial charge in [0.1, 0.15) is 11.2 Å². The van der Waals surface area contributed by atoms with Crippen molar-refractivity contribution in [3.8, 4) is 0 Å². The van der Waals surface area contributed by atoms with Crippen LogP contribution in [-0.4, -0.2) is 56.6 Å². The molecule has 0 unspecified atom stereocenters. The highest BCUT2D eigenvalue weighted by Gasteiger charge is 2.27. The van der Waals surface area contributed by atoms with Gasteiger partial charge in [0.05, 0.1) is 6.20 Å². The number of nitrogens with zero attached hydrogens (tertiary/aromatic N) is 5. The van der Waals surface area contributed by atoms with E-state index in [1.165, 1.54) is 11.1 Å². The second-order valence-electron chi connectivity index (χ2n) is 6.96. The SMILES string of the molecule is CN(C[C@@H]1Cc2ccccc2CN1C)C(=O)c1cnn2ccn(C)c12. The molecular weight excluding hydrogens is 314 g/mol. The van der Waals surface area contributed by atoms with Crippen LogP contribution in [0.5, 0.6) is 0 Å². The van der Waals surface area contributed by atoms with Crippen LogP contribution in [0.15, 0.2) is 42.9 Å². The summed E-state index contributed by atoms with van der Waals surface area (Å²) < 4.78 is 3.67. The minimum absolute atomic E-state index is 0.0176. The number of hydrogen-bond donors (Lipinski definition) is 0. The van der Waals surface area contributed by atoms with E-state index >= 15 is 0 Å². The first kappa shape index (κ1) is 15.9. The fourth-order valence-electron chi connectivity index (χ4n) is 3.73. The topological polar surface area (TPSA) is 45.8 Å². The number of carbonyl (C=O) groups excluding carboxylic acids is 1. The van der Waals surface area contributed by atoms with Gasteiger partial charge in [0.25, 0.3) is 5.91 Å². The van der Waals surface area contributed by atoms with Crippen LogP contribution in [0.2, 0.25) is 0 Å². The van der Waals surface area contributed by atoms with Gasteiger partial charge in [-0.25, -0.2) is 4.52 Å². The summed E-state index contributed by atoms with van der Waals surface area (Å²) in [4.78, 5) is 17.1. The van der Waals surface area contributed by atoms with E-state index in [1.54, 1.807) is 10.7 Å². The maximum Gasteiger partial charge on any atom is 0.259 e. The van der Waals surface area contributed by atoms with E-state index in [0.717, 1.165) is 18.6 Å². The Morgan fingerprint density at radius 1 is 1.24 bits per heavy atom. The lowest BCUT2D eigenvalue weighted by Gasteiger charge is -2.36. The molecule has 1 aliphatic heterocycles. The van der Waals surface area contributed by atoms with Crippen LogP contribution < -0.4 is 0 Å². The van der Waals surface area contributed by atoms with E-state index < -0.39 is 0 Å². The number of carbonyl (C=O) groups is 1. The summed E-state index contributed by atoms with van der Waals surface area (Å²) in [5.41, 5.74) is 4.26. The number of amides is 1. The van der Waals surface area contributed by atoms with E-state index in [4.69, 9.17) is 0 Å². The molecule has 6 heteroatoms. The molecule has 6 nitrogen and oxygen atoms in total. The molecular formula is C19H23N5O. The zero-order chi connectivity index (χ0) is 17.6. The molecule has 4 rings (SSSR count). The van der Waals surface area contributed by atoms with Crippen molar-refractivity contribution in [2.24, 2.45) is 7.05 Å². The number of likely N-dealkylation sites (N-methyl/N-ethyl adjacent to an activating group) is 2. The lowest BCUT2D eigenvalue weighted by Crippen LogP contribution is -2.46. The maximum atomic E-state index is 12.9. The largest absolute Gasteiger partial charge is 0.340 e. The summed E-state index contributed by atoms with van der Waals surface area (Å²) in [5.74, 6) is 0.0176. The van der Waals surface area contributed by atoms with Gasteiger partial charge in [-0.3, -0.25) is 9.69 Å². The molecule has 0 bridgehead atoms. The zero-order valence-electron chi connectivity index (χ0n) is 14.9. The first-order chi connectivity index (χ1) is 12.0. The average molecular weight is 337 g/mol. The molecule has 0 saturated heterocycles. The van der Waals surface area contributed by atoms with E-state index in [9.17, 15) is 4.79 Å². The molecule has 0 fully saturated rings. The minimum atomic E-state index is 0.0176. The van der Waals surface area contributed by atoms with Crippen LogP contribution >= 0.6 is 0 Å². The predicted molar refractivity (Wildman–Crippen MR) is 96.5 cm³/mol. The van der Waals surface area contributed by atoms with Crippen molar-refractivity contribution in [3.63, 3.8) is 0 Å². The third-order valence-electron chi connectivity index (χ3n) is 5.21. The van der Waals surface area contributed by atoms with Crippen LogP contribution in [0.3, 0.4) is 0 Å². The van der Waals surface area contributed by atoms with E-state index in [2.05, 4.69) is 41.3 Å². The molecule has 1 amide bonds. The molecule has 0 spiro atoms. The molecule has 0 N–H and O–H groups in total. The Labute approximate surface area is 147 Å². The zero-order valence-corrected chi connectivity index (χ0v) is 14.9. The van der Waals surface area contributed by atoms with Gasteiger partial charge in [-0.1, -0.05) is 24.3 Å². The van der Waals surface area contributed by atoms with Crippen molar-refractivity contribution in [3.05, 3.63) is 59.5 Å². The highest BCUT2D eigenvalue weighted by molar-refractivity contribution is 5.99. The lowest BCUT2D eigenvalue weighted by molar-refractivity contribution is 0.0735. The monoisotopic (exact) mass is 337 g/mol. The third kappa shape index (κ3) is 2.72. The summed E-state index contributed by atoms with van der Waals surface area (Å²) in [6.45, 7) is 1.63. The van der Waals surface area contributed by atoms with Gasteiger partial charge in [0, 0.05) is 45.6 Å². The summed E-state index contributed by atoms with van der Waals surface area (Å²) in [5, 5.41) is 4.27. The lowest BCUT2D eigenvalue weighted by atomic mass is 9.94. The van der Waals surface area contributed by atoms with E-state index in [-0.39, 0.29) is 5.91 Å². The number of aryl methyl sites for hydroxylation is 1. The van der Waals surface area contributed by atoms with Crippen LogP contribution in [0, 0.1) is 0 Å². The first-order valence-electron chi connectivity index (χ1n) is 8.55. The number of rotatable bonds is 3. The molecule has 3 heterocycles. The van der Waals surface area contributed by atoms with Crippen molar-refractivity contribution in [1.29, 1.82) is 0 Å². The Morgan fingerprint density at radius 2 is 2.00 bits per heavy atom. The smallest absolute Gasteiger partial charge is 0.259 e. The normalized spacial score (nSPS) is 17.6. The van der Waals surface area contributed by atoms with Gasteiger partial charge in [-0.05, 0) is 24.6 Å². The minimum Gasteiger partial charge on any atom is -0.340 e. The molecule has 130 valence electrons. The Morgan fingerprint density at radius 3 is 2.80 bits per heavy atom. The van der Waals surface area contributed by atoms with Gasteiger partial charge in [0.2, 0.25) is 0 Å². The molecule has 25 heavy (non-hydrogen) atoms. The summed E-state index contributed by atoms with van der Waals surface area (Å²) in [6.07, 6.45) is 6.40. The number of hydrogen-bond acceptors (Lipinski definition) is 3. The highest BCUT2D eigenvalue weighted by atomic mass is 16.2. The van der Waals surface area contributed by atoms with Crippen LogP contribution in [0.4, 0.5) is 0 Å². The second kappa shape index (κ2) is 6.04. The summed E-state index contributed by atoms with van der Waals surface area (Å²) >= 11 is 0. The van der Waals surface area contributed by atoms with Crippen LogP contribution in [0.25, 0.3) is 5.65 Å². The number of imidazole rings is 1. The van der Waals surface area contributed by atoms with Crippen molar-refractivity contribution in [2.45, 2.75) is 19.0 Å². The predicted octanol–water partition coefficient (Wildman–Crippen LogP) is 1.80. The Bertz CT molecular complexity index is 925.